The van der Waals surface area contributed by atoms with Crippen molar-refractivity contribution in [3.05, 3.63) is 75.5 Å². The van der Waals surface area contributed by atoms with Crippen LogP contribution in [0.1, 0.15) is 5.56 Å². The number of nitrogens with one attached hydrogen (secondary N) is 1. The first-order chi connectivity index (χ1) is 13.8. The minimum absolute atomic E-state index is 0.00720. The molecular formula is C20H20ClN3O4S. The Labute approximate surface area is 174 Å². The van der Waals surface area contributed by atoms with Crippen molar-refractivity contribution in [2.24, 2.45) is 0 Å². The molecular weight excluding hydrogens is 414 g/mol. The quantitative estimate of drug-likeness (QED) is 0.618. The van der Waals surface area contributed by atoms with Crippen LogP contribution >= 0.6 is 11.6 Å². The van der Waals surface area contributed by atoms with Crippen molar-refractivity contribution in [3.8, 4) is 17.0 Å². The lowest BCUT2D eigenvalue weighted by molar-refractivity contribution is 0.415. The first-order valence-corrected chi connectivity index (χ1v) is 10.6. The van der Waals surface area contributed by atoms with E-state index in [0.717, 1.165) is 5.56 Å². The van der Waals surface area contributed by atoms with Gasteiger partial charge in [0.05, 0.1) is 24.2 Å². The number of hydrogen-bond donors (Lipinski definition) is 1. The maximum atomic E-state index is 12.5. The SMILES string of the molecule is COc1ccc(-c2ccc(=O)n(CCNS(=O)(=O)c3cc(Cl)ccc3C)n2)cc1. The van der Waals surface area contributed by atoms with Gasteiger partial charge in [0.25, 0.3) is 5.56 Å². The zero-order valence-electron chi connectivity index (χ0n) is 15.9. The van der Waals surface area contributed by atoms with E-state index in [-0.39, 0.29) is 23.5 Å². The summed E-state index contributed by atoms with van der Waals surface area (Å²) in [7, 11) is -2.18. The van der Waals surface area contributed by atoms with Gasteiger partial charge in [-0.05, 0) is 55.0 Å². The van der Waals surface area contributed by atoms with Gasteiger partial charge in [-0.1, -0.05) is 17.7 Å². The van der Waals surface area contributed by atoms with E-state index in [4.69, 9.17) is 16.3 Å². The van der Waals surface area contributed by atoms with Crippen molar-refractivity contribution in [2.45, 2.75) is 18.4 Å². The van der Waals surface area contributed by atoms with Crippen LogP contribution in [-0.4, -0.2) is 31.9 Å². The number of aromatic nitrogens is 2. The summed E-state index contributed by atoms with van der Waals surface area (Å²) in [6, 6.07) is 15.0. The highest BCUT2D eigenvalue weighted by molar-refractivity contribution is 7.89. The Balaban J connectivity index is 1.75. The summed E-state index contributed by atoms with van der Waals surface area (Å²) in [5, 5.41) is 4.66. The number of sulfonamides is 1. The first-order valence-electron chi connectivity index (χ1n) is 8.78. The summed E-state index contributed by atoms with van der Waals surface area (Å²) < 4.78 is 33.9. The van der Waals surface area contributed by atoms with E-state index in [9.17, 15) is 13.2 Å². The van der Waals surface area contributed by atoms with E-state index in [2.05, 4.69) is 9.82 Å². The molecule has 29 heavy (non-hydrogen) atoms. The van der Waals surface area contributed by atoms with Gasteiger partial charge in [-0.25, -0.2) is 17.8 Å². The van der Waals surface area contributed by atoms with E-state index in [1.807, 2.05) is 12.1 Å². The number of ether oxygens (including phenoxy) is 1. The lowest BCUT2D eigenvalue weighted by Crippen LogP contribution is -2.32. The summed E-state index contributed by atoms with van der Waals surface area (Å²) in [5.41, 5.74) is 1.68. The van der Waals surface area contributed by atoms with E-state index < -0.39 is 10.0 Å². The van der Waals surface area contributed by atoms with E-state index in [1.54, 1.807) is 44.4 Å². The van der Waals surface area contributed by atoms with Gasteiger partial charge in [0.2, 0.25) is 10.0 Å². The van der Waals surface area contributed by atoms with Crippen molar-refractivity contribution in [3.63, 3.8) is 0 Å². The molecule has 0 saturated heterocycles. The van der Waals surface area contributed by atoms with E-state index >= 15 is 0 Å². The smallest absolute Gasteiger partial charge is 0.266 e. The average Bonchev–Trinajstić information content (AvgIpc) is 2.71. The standard InChI is InChI=1S/C20H20ClN3O4S/c1-14-3-6-16(21)13-19(14)29(26,27)22-11-12-24-20(25)10-9-18(23-24)15-4-7-17(28-2)8-5-15/h3-10,13,22H,11-12H2,1-2H3. The average molecular weight is 434 g/mol. The van der Waals surface area contributed by atoms with E-state index in [1.165, 1.54) is 16.8 Å². The fourth-order valence-electron chi connectivity index (χ4n) is 2.75. The minimum atomic E-state index is -3.76. The van der Waals surface area contributed by atoms with Crippen molar-refractivity contribution >= 4 is 21.6 Å². The molecule has 0 aliphatic rings. The van der Waals surface area contributed by atoms with Crippen LogP contribution in [-0.2, 0) is 16.6 Å². The number of nitrogens with zero attached hydrogens (tertiary/aromatic N) is 2. The Morgan fingerprint density at radius 3 is 2.52 bits per heavy atom. The third kappa shape index (κ3) is 5.03. The van der Waals surface area contributed by atoms with Gasteiger partial charge < -0.3 is 4.74 Å². The van der Waals surface area contributed by atoms with Crippen LogP contribution in [0.25, 0.3) is 11.3 Å². The third-order valence-electron chi connectivity index (χ3n) is 4.31. The van der Waals surface area contributed by atoms with Gasteiger partial charge in [-0.3, -0.25) is 4.79 Å². The topological polar surface area (TPSA) is 90.3 Å². The van der Waals surface area contributed by atoms with Crippen LogP contribution in [0.3, 0.4) is 0 Å². The molecule has 3 aromatic rings. The summed E-state index contributed by atoms with van der Waals surface area (Å²) in [5.74, 6) is 0.716. The molecule has 0 amide bonds. The number of rotatable bonds is 7. The molecule has 1 aromatic heterocycles. The molecule has 0 radical (unpaired) electrons. The lowest BCUT2D eigenvalue weighted by atomic mass is 10.1. The molecule has 1 N–H and O–H groups in total. The highest BCUT2D eigenvalue weighted by Crippen LogP contribution is 2.20. The maximum Gasteiger partial charge on any atom is 0.266 e. The fraction of sp³-hybridized carbons (Fsp3) is 0.200. The second-order valence-electron chi connectivity index (χ2n) is 6.32. The van der Waals surface area contributed by atoms with Crippen LogP contribution in [0.4, 0.5) is 0 Å². The Bertz CT molecular complexity index is 1180. The van der Waals surface area contributed by atoms with Gasteiger partial charge in [0, 0.05) is 23.2 Å². The van der Waals surface area contributed by atoms with Gasteiger partial charge in [0.1, 0.15) is 5.75 Å². The molecule has 0 aliphatic carbocycles. The highest BCUT2D eigenvalue weighted by Gasteiger charge is 2.17. The molecule has 1 heterocycles. The molecule has 3 rings (SSSR count). The van der Waals surface area contributed by atoms with Gasteiger partial charge >= 0.3 is 0 Å². The summed E-state index contributed by atoms with van der Waals surface area (Å²) in [4.78, 5) is 12.2. The second-order valence-corrected chi connectivity index (χ2v) is 8.49. The molecule has 0 bridgehead atoms. The van der Waals surface area contributed by atoms with Crippen molar-refractivity contribution in [1.82, 2.24) is 14.5 Å². The predicted octanol–water partition coefficient (Wildman–Crippen LogP) is 2.86. The number of hydrogen-bond acceptors (Lipinski definition) is 5. The minimum Gasteiger partial charge on any atom is -0.497 e. The highest BCUT2D eigenvalue weighted by atomic mass is 35.5. The Morgan fingerprint density at radius 2 is 1.83 bits per heavy atom. The zero-order chi connectivity index (χ0) is 21.0. The molecule has 0 atom stereocenters. The van der Waals surface area contributed by atoms with E-state index in [0.29, 0.717) is 22.0 Å². The summed E-state index contributed by atoms with van der Waals surface area (Å²) in [6.07, 6.45) is 0. The van der Waals surface area contributed by atoms with Crippen LogP contribution in [0.5, 0.6) is 5.75 Å². The molecule has 0 aliphatic heterocycles. The normalized spacial score (nSPS) is 11.4. The molecule has 0 saturated carbocycles. The van der Waals surface area contributed by atoms with Crippen molar-refractivity contribution in [1.29, 1.82) is 0 Å². The molecule has 0 fully saturated rings. The van der Waals surface area contributed by atoms with Crippen LogP contribution in [0.15, 0.2) is 64.3 Å². The van der Waals surface area contributed by atoms with Crippen molar-refractivity contribution in [2.75, 3.05) is 13.7 Å². The molecule has 9 heteroatoms. The Hall–Kier alpha value is -2.68. The van der Waals surface area contributed by atoms with Gasteiger partial charge in [0.15, 0.2) is 0 Å². The number of benzene rings is 2. The second kappa shape index (κ2) is 8.77. The van der Waals surface area contributed by atoms with Gasteiger partial charge in [-0.2, -0.15) is 5.10 Å². The predicted molar refractivity (Wildman–Crippen MR) is 112 cm³/mol. The summed E-state index contributed by atoms with van der Waals surface area (Å²) in [6.45, 7) is 1.78. The number of methoxy groups -OCH3 is 1. The molecule has 152 valence electrons. The molecule has 2 aromatic carbocycles. The molecule has 7 nitrogen and oxygen atoms in total. The number of halogens is 1. The number of aryl methyl sites for hydroxylation is 1. The van der Waals surface area contributed by atoms with Crippen LogP contribution in [0, 0.1) is 6.92 Å². The molecule has 0 unspecified atom stereocenters. The lowest BCUT2D eigenvalue weighted by Gasteiger charge is -2.11. The fourth-order valence-corrected chi connectivity index (χ4v) is 4.28. The first kappa shape index (κ1) is 21.0. The maximum absolute atomic E-state index is 12.5. The monoisotopic (exact) mass is 433 g/mol. The largest absolute Gasteiger partial charge is 0.497 e. The van der Waals surface area contributed by atoms with Crippen LogP contribution < -0.4 is 15.0 Å². The van der Waals surface area contributed by atoms with Gasteiger partial charge in [-0.15, -0.1) is 0 Å². The van der Waals surface area contributed by atoms with Crippen molar-refractivity contribution < 1.29 is 13.2 Å². The Kier molecular flexibility index (Phi) is 6.36. The van der Waals surface area contributed by atoms with Crippen LogP contribution in [0.2, 0.25) is 5.02 Å². The zero-order valence-corrected chi connectivity index (χ0v) is 17.5. The summed E-state index contributed by atoms with van der Waals surface area (Å²) >= 11 is 5.91. The third-order valence-corrected chi connectivity index (χ3v) is 6.15. The molecule has 0 spiro atoms. The Morgan fingerprint density at radius 1 is 1.10 bits per heavy atom.